The van der Waals surface area contributed by atoms with Crippen LogP contribution in [0.4, 0.5) is 5.69 Å². The summed E-state index contributed by atoms with van der Waals surface area (Å²) in [5.41, 5.74) is 1.92. The van der Waals surface area contributed by atoms with Gasteiger partial charge >= 0.3 is 0 Å². The number of methoxy groups -OCH3 is 1. The molecule has 2 aromatic rings. The van der Waals surface area contributed by atoms with Crippen LogP contribution in [0.2, 0.25) is 0 Å². The molecule has 0 fully saturated rings. The van der Waals surface area contributed by atoms with Crippen molar-refractivity contribution in [2.75, 3.05) is 18.2 Å². The summed E-state index contributed by atoms with van der Waals surface area (Å²) < 4.78 is 4.97. The third kappa shape index (κ3) is 5.11. The lowest BCUT2D eigenvalue weighted by atomic mass is 10.2. The number of aryl methyl sites for hydroxylation is 1. The Kier molecular flexibility index (Phi) is 5.63. The average Bonchev–Trinajstić information content (AvgIpc) is 2.50. The summed E-state index contributed by atoms with van der Waals surface area (Å²) in [5, 5.41) is 2.82. The minimum absolute atomic E-state index is 0.0124. The Hall–Kier alpha value is -2.01. The fourth-order valence-corrected chi connectivity index (χ4v) is 2.55. The standard InChI is InChI=1S/C16H18N2O2S/c1-12-3-6-14(7-4-12)21-10-9-15(19)18-13-5-8-16(20-2)17-11-13/h3-8,11H,9-10H2,1-2H3,(H,18,19). The number of carbonyl (C=O) groups is 1. The largest absolute Gasteiger partial charge is 0.481 e. The quantitative estimate of drug-likeness (QED) is 0.830. The molecule has 0 aliphatic heterocycles. The molecule has 0 spiro atoms. The summed E-state index contributed by atoms with van der Waals surface area (Å²) in [4.78, 5) is 17.1. The summed E-state index contributed by atoms with van der Waals surface area (Å²) in [6.45, 7) is 2.06. The second-order valence-corrected chi connectivity index (χ2v) is 5.72. The van der Waals surface area contributed by atoms with Gasteiger partial charge in [-0.25, -0.2) is 4.98 Å². The number of hydrogen-bond acceptors (Lipinski definition) is 4. The van der Waals surface area contributed by atoms with Crippen LogP contribution in [0, 0.1) is 6.92 Å². The van der Waals surface area contributed by atoms with Gasteiger partial charge in [0.25, 0.3) is 0 Å². The van der Waals surface area contributed by atoms with Gasteiger partial charge in [0.1, 0.15) is 0 Å². The fraction of sp³-hybridized carbons (Fsp3) is 0.250. The van der Waals surface area contributed by atoms with Crippen molar-refractivity contribution in [3.63, 3.8) is 0 Å². The first-order valence-electron chi connectivity index (χ1n) is 6.67. The van der Waals surface area contributed by atoms with Crippen molar-refractivity contribution in [2.24, 2.45) is 0 Å². The van der Waals surface area contributed by atoms with E-state index < -0.39 is 0 Å². The van der Waals surface area contributed by atoms with Crippen molar-refractivity contribution >= 4 is 23.4 Å². The van der Waals surface area contributed by atoms with E-state index in [4.69, 9.17) is 4.74 Å². The smallest absolute Gasteiger partial charge is 0.225 e. The minimum atomic E-state index is -0.0124. The van der Waals surface area contributed by atoms with Gasteiger partial charge in [-0.3, -0.25) is 4.79 Å². The number of benzene rings is 1. The highest BCUT2D eigenvalue weighted by Gasteiger charge is 2.04. The van der Waals surface area contributed by atoms with Crippen molar-refractivity contribution in [3.05, 3.63) is 48.2 Å². The Morgan fingerprint density at radius 3 is 2.62 bits per heavy atom. The molecular weight excluding hydrogens is 284 g/mol. The predicted molar refractivity (Wildman–Crippen MR) is 85.9 cm³/mol. The second kappa shape index (κ2) is 7.69. The predicted octanol–water partition coefficient (Wildman–Crippen LogP) is 3.52. The van der Waals surface area contributed by atoms with E-state index in [1.807, 2.05) is 0 Å². The molecule has 1 heterocycles. The Morgan fingerprint density at radius 1 is 1.24 bits per heavy atom. The lowest BCUT2D eigenvalue weighted by molar-refractivity contribution is -0.115. The summed E-state index contributed by atoms with van der Waals surface area (Å²) in [6, 6.07) is 11.8. The first kappa shape index (κ1) is 15.4. The molecule has 1 N–H and O–H groups in total. The van der Waals surface area contributed by atoms with Crippen molar-refractivity contribution in [1.29, 1.82) is 0 Å². The lowest BCUT2D eigenvalue weighted by Gasteiger charge is -2.06. The SMILES string of the molecule is COc1ccc(NC(=O)CCSc2ccc(C)cc2)cn1. The highest BCUT2D eigenvalue weighted by molar-refractivity contribution is 7.99. The van der Waals surface area contributed by atoms with E-state index in [0.29, 0.717) is 18.0 Å². The van der Waals surface area contributed by atoms with Gasteiger partial charge in [0.15, 0.2) is 0 Å². The van der Waals surface area contributed by atoms with Crippen LogP contribution < -0.4 is 10.1 Å². The van der Waals surface area contributed by atoms with E-state index in [9.17, 15) is 4.79 Å². The Labute approximate surface area is 128 Å². The maximum absolute atomic E-state index is 11.8. The fourth-order valence-electron chi connectivity index (χ4n) is 1.69. The Morgan fingerprint density at radius 2 is 2.00 bits per heavy atom. The summed E-state index contributed by atoms with van der Waals surface area (Å²) in [5.74, 6) is 1.27. The molecular formula is C16H18N2O2S. The zero-order chi connectivity index (χ0) is 15.1. The van der Waals surface area contributed by atoms with Crippen LogP contribution in [0.3, 0.4) is 0 Å². The van der Waals surface area contributed by atoms with Gasteiger partial charge in [0.2, 0.25) is 11.8 Å². The maximum Gasteiger partial charge on any atom is 0.225 e. The molecule has 1 amide bonds. The summed E-state index contributed by atoms with van der Waals surface area (Å²) in [6.07, 6.45) is 2.05. The number of ether oxygens (including phenoxy) is 1. The molecule has 0 atom stereocenters. The Balaban J connectivity index is 1.75. The zero-order valence-corrected chi connectivity index (χ0v) is 12.9. The number of pyridine rings is 1. The third-order valence-electron chi connectivity index (χ3n) is 2.85. The monoisotopic (exact) mass is 302 g/mol. The van der Waals surface area contributed by atoms with Crippen molar-refractivity contribution in [2.45, 2.75) is 18.2 Å². The minimum Gasteiger partial charge on any atom is -0.481 e. The van der Waals surface area contributed by atoms with Crippen LogP contribution in [0.25, 0.3) is 0 Å². The molecule has 21 heavy (non-hydrogen) atoms. The number of amides is 1. The van der Waals surface area contributed by atoms with Crippen molar-refractivity contribution < 1.29 is 9.53 Å². The number of rotatable bonds is 6. The highest BCUT2D eigenvalue weighted by Crippen LogP contribution is 2.19. The molecule has 0 aliphatic carbocycles. The number of nitrogens with one attached hydrogen (secondary N) is 1. The molecule has 0 saturated carbocycles. The van der Waals surface area contributed by atoms with Gasteiger partial charge in [0, 0.05) is 23.1 Å². The normalized spacial score (nSPS) is 10.2. The molecule has 1 aromatic carbocycles. The zero-order valence-electron chi connectivity index (χ0n) is 12.1. The van der Waals surface area contributed by atoms with Crippen molar-refractivity contribution in [1.82, 2.24) is 4.98 Å². The number of hydrogen-bond donors (Lipinski definition) is 1. The number of anilines is 1. The molecule has 1 aromatic heterocycles. The number of carbonyl (C=O) groups excluding carboxylic acids is 1. The summed E-state index contributed by atoms with van der Waals surface area (Å²) >= 11 is 1.68. The average molecular weight is 302 g/mol. The summed E-state index contributed by atoms with van der Waals surface area (Å²) in [7, 11) is 1.56. The van der Waals surface area contributed by atoms with Crippen LogP contribution in [0.15, 0.2) is 47.5 Å². The first-order chi connectivity index (χ1) is 10.2. The van der Waals surface area contributed by atoms with E-state index in [1.165, 1.54) is 10.5 Å². The van der Waals surface area contributed by atoms with Crippen molar-refractivity contribution in [3.8, 4) is 5.88 Å². The number of thioether (sulfide) groups is 1. The molecule has 2 rings (SSSR count). The number of nitrogens with zero attached hydrogens (tertiary/aromatic N) is 1. The van der Waals surface area contributed by atoms with Crippen LogP contribution >= 0.6 is 11.8 Å². The molecule has 4 nitrogen and oxygen atoms in total. The molecule has 5 heteroatoms. The molecule has 110 valence electrons. The van der Waals surface area contributed by atoms with E-state index in [1.54, 1.807) is 37.2 Å². The van der Waals surface area contributed by atoms with E-state index in [-0.39, 0.29) is 5.91 Å². The van der Waals surface area contributed by atoms with Gasteiger partial charge in [-0.1, -0.05) is 17.7 Å². The maximum atomic E-state index is 11.8. The lowest BCUT2D eigenvalue weighted by Crippen LogP contribution is -2.12. The van der Waals surface area contributed by atoms with Crippen LogP contribution in [-0.4, -0.2) is 23.8 Å². The highest BCUT2D eigenvalue weighted by atomic mass is 32.2. The molecule has 0 aliphatic rings. The van der Waals surface area contributed by atoms with E-state index in [0.717, 1.165) is 5.75 Å². The van der Waals surface area contributed by atoms with Gasteiger partial charge in [0.05, 0.1) is 19.0 Å². The van der Waals surface area contributed by atoms with Crippen LogP contribution in [0.1, 0.15) is 12.0 Å². The first-order valence-corrected chi connectivity index (χ1v) is 7.65. The topological polar surface area (TPSA) is 51.2 Å². The molecule has 0 bridgehead atoms. The molecule has 0 radical (unpaired) electrons. The molecule has 0 saturated heterocycles. The van der Waals surface area contributed by atoms with E-state index >= 15 is 0 Å². The van der Waals surface area contributed by atoms with Gasteiger partial charge < -0.3 is 10.1 Å². The molecule has 0 unspecified atom stereocenters. The van der Waals surface area contributed by atoms with Crippen LogP contribution in [0.5, 0.6) is 5.88 Å². The van der Waals surface area contributed by atoms with Gasteiger partial charge in [-0.05, 0) is 25.1 Å². The van der Waals surface area contributed by atoms with Gasteiger partial charge in [-0.15, -0.1) is 11.8 Å². The Bertz CT molecular complexity index is 582. The van der Waals surface area contributed by atoms with Crippen LogP contribution in [-0.2, 0) is 4.79 Å². The van der Waals surface area contributed by atoms with Gasteiger partial charge in [-0.2, -0.15) is 0 Å². The van der Waals surface area contributed by atoms with E-state index in [2.05, 4.69) is 41.5 Å². The third-order valence-corrected chi connectivity index (χ3v) is 3.86. The second-order valence-electron chi connectivity index (χ2n) is 4.55. The number of aromatic nitrogens is 1.